The number of fused-ring (bicyclic) bond motifs is 1. The largest absolute Gasteiger partial charge is 0.348 e. The Hall–Kier alpha value is -3.93. The summed E-state index contributed by atoms with van der Waals surface area (Å²) < 4.78 is 2.51. The fraction of sp³-hybridized carbons (Fsp3) is 0.192. The zero-order chi connectivity index (χ0) is 22.8. The van der Waals surface area contributed by atoms with Crippen LogP contribution < -0.4 is 16.6 Å². The molecule has 32 heavy (non-hydrogen) atoms. The number of amides is 1. The number of aryl methyl sites for hydroxylation is 2. The van der Waals surface area contributed by atoms with Crippen LogP contribution in [0.2, 0.25) is 0 Å². The molecule has 4 rings (SSSR count). The molecule has 1 heterocycles. The number of hydrogen-bond acceptors (Lipinski definition) is 3. The lowest BCUT2D eigenvalue weighted by Crippen LogP contribution is -2.42. The summed E-state index contributed by atoms with van der Waals surface area (Å²) in [5.74, 6) is -0.306. The standard InChI is InChI=1S/C26H25N3O3/c1-17-8-7-11-21(14-17)29-25(31)22-15-18(2)12-13-23(22)28(26(29)32)16-24(30)27-19(3)20-9-5-4-6-10-20/h4-15,19H,16H2,1-3H3,(H,27,30)/t19-/m1/s1. The second-order valence-electron chi connectivity index (χ2n) is 8.07. The van der Waals surface area contributed by atoms with Crippen molar-refractivity contribution in [2.45, 2.75) is 33.4 Å². The van der Waals surface area contributed by atoms with Crippen LogP contribution in [0.1, 0.15) is 29.7 Å². The van der Waals surface area contributed by atoms with E-state index in [-0.39, 0.29) is 18.5 Å². The average molecular weight is 428 g/mol. The van der Waals surface area contributed by atoms with E-state index in [9.17, 15) is 14.4 Å². The first-order chi connectivity index (χ1) is 15.3. The Kier molecular flexibility index (Phi) is 5.77. The van der Waals surface area contributed by atoms with Crippen molar-refractivity contribution in [2.24, 2.45) is 0 Å². The lowest BCUT2D eigenvalue weighted by molar-refractivity contribution is -0.122. The third-order valence-corrected chi connectivity index (χ3v) is 5.54. The first kappa shape index (κ1) is 21.3. The minimum Gasteiger partial charge on any atom is -0.348 e. The molecule has 6 nitrogen and oxygen atoms in total. The maximum absolute atomic E-state index is 13.4. The number of nitrogens with zero attached hydrogens (tertiary/aromatic N) is 2. The average Bonchev–Trinajstić information content (AvgIpc) is 2.77. The summed E-state index contributed by atoms with van der Waals surface area (Å²) in [6, 6.07) is 21.9. The molecule has 0 unspecified atom stereocenters. The Morgan fingerprint density at radius 3 is 2.34 bits per heavy atom. The molecule has 162 valence electrons. The molecule has 0 bridgehead atoms. The van der Waals surface area contributed by atoms with Crippen LogP contribution >= 0.6 is 0 Å². The molecule has 1 aromatic heterocycles. The number of hydrogen-bond donors (Lipinski definition) is 1. The number of carbonyl (C=O) groups is 1. The van der Waals surface area contributed by atoms with E-state index in [1.807, 2.05) is 63.2 Å². The highest BCUT2D eigenvalue weighted by Gasteiger charge is 2.18. The van der Waals surface area contributed by atoms with Crippen LogP contribution in [0.4, 0.5) is 0 Å². The van der Waals surface area contributed by atoms with E-state index < -0.39 is 11.2 Å². The molecule has 0 saturated heterocycles. The molecule has 0 radical (unpaired) electrons. The Morgan fingerprint density at radius 2 is 1.62 bits per heavy atom. The molecule has 0 aliphatic rings. The van der Waals surface area contributed by atoms with Crippen molar-refractivity contribution in [1.29, 1.82) is 0 Å². The van der Waals surface area contributed by atoms with Gasteiger partial charge in [0.1, 0.15) is 6.54 Å². The molecule has 0 saturated carbocycles. The van der Waals surface area contributed by atoms with Gasteiger partial charge in [-0.05, 0) is 56.2 Å². The van der Waals surface area contributed by atoms with Gasteiger partial charge in [-0.15, -0.1) is 0 Å². The second kappa shape index (κ2) is 8.67. The fourth-order valence-electron chi connectivity index (χ4n) is 3.89. The molecular formula is C26H25N3O3. The van der Waals surface area contributed by atoms with E-state index in [0.717, 1.165) is 21.3 Å². The van der Waals surface area contributed by atoms with Crippen molar-refractivity contribution in [2.75, 3.05) is 0 Å². The SMILES string of the molecule is Cc1cccc(-n2c(=O)c3cc(C)ccc3n(CC(=O)N[C@H](C)c3ccccc3)c2=O)c1. The fourth-order valence-corrected chi connectivity index (χ4v) is 3.89. The van der Waals surface area contributed by atoms with Crippen LogP contribution in [-0.2, 0) is 11.3 Å². The van der Waals surface area contributed by atoms with Gasteiger partial charge in [0.25, 0.3) is 5.56 Å². The van der Waals surface area contributed by atoms with Gasteiger partial charge in [-0.2, -0.15) is 0 Å². The number of carbonyl (C=O) groups excluding carboxylic acids is 1. The molecule has 0 aliphatic carbocycles. The van der Waals surface area contributed by atoms with Crippen molar-refractivity contribution < 1.29 is 4.79 Å². The summed E-state index contributed by atoms with van der Waals surface area (Å²) in [6.07, 6.45) is 0. The Labute approximate surface area is 185 Å². The van der Waals surface area contributed by atoms with E-state index in [2.05, 4.69) is 5.32 Å². The minimum atomic E-state index is -0.542. The molecule has 1 N–H and O–H groups in total. The summed E-state index contributed by atoms with van der Waals surface area (Å²) in [7, 11) is 0. The monoisotopic (exact) mass is 427 g/mol. The van der Waals surface area contributed by atoms with Gasteiger partial charge in [0, 0.05) is 0 Å². The Morgan fingerprint density at radius 1 is 0.906 bits per heavy atom. The quantitative estimate of drug-likeness (QED) is 0.528. The van der Waals surface area contributed by atoms with E-state index in [4.69, 9.17) is 0 Å². The van der Waals surface area contributed by atoms with Gasteiger partial charge in [0.15, 0.2) is 0 Å². The highest BCUT2D eigenvalue weighted by molar-refractivity contribution is 5.82. The third-order valence-electron chi connectivity index (χ3n) is 5.54. The predicted molar refractivity (Wildman–Crippen MR) is 126 cm³/mol. The minimum absolute atomic E-state index is 0.193. The van der Waals surface area contributed by atoms with Gasteiger partial charge >= 0.3 is 5.69 Å². The van der Waals surface area contributed by atoms with Gasteiger partial charge in [-0.3, -0.25) is 14.2 Å². The van der Waals surface area contributed by atoms with E-state index >= 15 is 0 Å². The normalized spacial score (nSPS) is 12.0. The van der Waals surface area contributed by atoms with Gasteiger partial charge in [0.2, 0.25) is 5.91 Å². The van der Waals surface area contributed by atoms with E-state index in [0.29, 0.717) is 16.6 Å². The maximum Gasteiger partial charge on any atom is 0.336 e. The molecule has 6 heteroatoms. The van der Waals surface area contributed by atoms with Crippen molar-refractivity contribution in [3.05, 3.63) is 110 Å². The summed E-state index contributed by atoms with van der Waals surface area (Å²) in [6.45, 7) is 5.49. The highest BCUT2D eigenvalue weighted by atomic mass is 16.2. The van der Waals surface area contributed by atoms with Gasteiger partial charge in [-0.25, -0.2) is 9.36 Å². The predicted octanol–water partition coefficient (Wildman–Crippen LogP) is 3.65. The van der Waals surface area contributed by atoms with Crippen LogP contribution in [0, 0.1) is 13.8 Å². The van der Waals surface area contributed by atoms with E-state index in [1.54, 1.807) is 30.3 Å². The van der Waals surface area contributed by atoms with Gasteiger partial charge < -0.3 is 5.32 Å². The zero-order valence-electron chi connectivity index (χ0n) is 18.3. The number of rotatable bonds is 5. The number of nitrogens with one attached hydrogen (secondary N) is 1. The topological polar surface area (TPSA) is 73.1 Å². The second-order valence-corrected chi connectivity index (χ2v) is 8.07. The third kappa shape index (κ3) is 4.12. The van der Waals surface area contributed by atoms with Crippen LogP contribution in [0.25, 0.3) is 16.6 Å². The highest BCUT2D eigenvalue weighted by Crippen LogP contribution is 2.15. The van der Waals surface area contributed by atoms with Crippen molar-refractivity contribution in [3.8, 4) is 5.69 Å². The van der Waals surface area contributed by atoms with Crippen molar-refractivity contribution in [3.63, 3.8) is 0 Å². The molecule has 0 aliphatic heterocycles. The summed E-state index contributed by atoms with van der Waals surface area (Å²) in [5.41, 5.74) is 2.79. The van der Waals surface area contributed by atoms with Gasteiger partial charge in [-0.1, -0.05) is 54.1 Å². The van der Waals surface area contributed by atoms with Gasteiger partial charge in [0.05, 0.1) is 22.6 Å². The van der Waals surface area contributed by atoms with Crippen molar-refractivity contribution in [1.82, 2.24) is 14.5 Å². The molecule has 0 spiro atoms. The lowest BCUT2D eigenvalue weighted by atomic mass is 10.1. The maximum atomic E-state index is 13.4. The number of aromatic nitrogens is 2. The van der Waals surface area contributed by atoms with Crippen LogP contribution in [0.3, 0.4) is 0 Å². The van der Waals surface area contributed by atoms with Crippen LogP contribution in [-0.4, -0.2) is 15.0 Å². The molecule has 0 fully saturated rings. The smallest absolute Gasteiger partial charge is 0.336 e. The van der Waals surface area contributed by atoms with E-state index in [1.165, 1.54) is 4.57 Å². The van der Waals surface area contributed by atoms with Crippen molar-refractivity contribution >= 4 is 16.8 Å². The summed E-state index contributed by atoms with van der Waals surface area (Å²) in [4.78, 5) is 39.6. The number of benzene rings is 3. The molecular weight excluding hydrogens is 402 g/mol. The first-order valence-corrected chi connectivity index (χ1v) is 10.5. The zero-order valence-corrected chi connectivity index (χ0v) is 18.3. The molecule has 3 aromatic carbocycles. The van der Waals surface area contributed by atoms with Crippen LogP contribution in [0.5, 0.6) is 0 Å². The Balaban J connectivity index is 1.81. The molecule has 1 amide bonds. The molecule has 1 atom stereocenters. The summed E-state index contributed by atoms with van der Waals surface area (Å²) in [5, 5.41) is 3.34. The molecule has 4 aromatic rings. The Bertz CT molecular complexity index is 1420. The van der Waals surface area contributed by atoms with Crippen LogP contribution in [0.15, 0.2) is 82.4 Å². The lowest BCUT2D eigenvalue weighted by Gasteiger charge is -2.17. The first-order valence-electron chi connectivity index (χ1n) is 10.5. The summed E-state index contributed by atoms with van der Waals surface area (Å²) >= 11 is 0.